The fraction of sp³-hybridized carbons (Fsp3) is 0.455. The monoisotopic (exact) mass is 212 g/mol. The van der Waals surface area contributed by atoms with Gasteiger partial charge in [-0.2, -0.15) is 0 Å². The van der Waals surface area contributed by atoms with Gasteiger partial charge in [0.05, 0.1) is 10.7 Å². The minimum atomic E-state index is 0.653. The van der Waals surface area contributed by atoms with Crippen LogP contribution in [0.2, 0.25) is 5.02 Å². The average Bonchev–Trinajstić information content (AvgIpc) is 2.19. The van der Waals surface area contributed by atoms with Crippen LogP contribution in [-0.4, -0.2) is 13.1 Å². The maximum absolute atomic E-state index is 6.09. The number of hydrogen-bond acceptors (Lipinski definition) is 2. The summed E-state index contributed by atoms with van der Waals surface area (Å²) in [5.74, 6) is 0. The zero-order valence-corrected chi connectivity index (χ0v) is 9.73. The van der Waals surface area contributed by atoms with Crippen molar-refractivity contribution in [3.8, 4) is 0 Å². The molecule has 0 aliphatic carbocycles. The van der Waals surface area contributed by atoms with E-state index in [-0.39, 0.29) is 0 Å². The molecule has 0 radical (unpaired) electrons. The highest BCUT2D eigenvalue weighted by Crippen LogP contribution is 2.31. The molecule has 0 bridgehead atoms. The van der Waals surface area contributed by atoms with E-state index in [1.165, 1.54) is 5.69 Å². The Balaban J connectivity index is 3.16. The number of anilines is 2. The molecule has 1 aromatic carbocycles. The Hall–Kier alpha value is -0.890. The summed E-state index contributed by atoms with van der Waals surface area (Å²) in [4.78, 5) is 2.26. The van der Waals surface area contributed by atoms with Gasteiger partial charge in [0.1, 0.15) is 0 Å². The summed E-state index contributed by atoms with van der Waals surface area (Å²) >= 11 is 6.09. The van der Waals surface area contributed by atoms with Crippen molar-refractivity contribution in [1.82, 2.24) is 0 Å². The van der Waals surface area contributed by atoms with E-state index in [4.69, 9.17) is 17.3 Å². The molecule has 3 heteroatoms. The van der Waals surface area contributed by atoms with Gasteiger partial charge < -0.3 is 10.6 Å². The molecule has 0 amide bonds. The SMILES string of the molecule is CCN(CC)c1ccc(N)c(Cl)c1C. The van der Waals surface area contributed by atoms with Gasteiger partial charge in [-0.15, -0.1) is 0 Å². The third-order valence-electron chi connectivity index (χ3n) is 2.49. The number of hydrogen-bond donors (Lipinski definition) is 1. The highest BCUT2D eigenvalue weighted by molar-refractivity contribution is 6.34. The van der Waals surface area contributed by atoms with Crippen LogP contribution >= 0.6 is 11.6 Å². The zero-order chi connectivity index (χ0) is 10.7. The summed E-state index contributed by atoms with van der Waals surface area (Å²) < 4.78 is 0. The maximum Gasteiger partial charge on any atom is 0.0685 e. The molecule has 0 aromatic heterocycles. The van der Waals surface area contributed by atoms with Crippen LogP contribution in [-0.2, 0) is 0 Å². The lowest BCUT2D eigenvalue weighted by Crippen LogP contribution is -2.22. The quantitative estimate of drug-likeness (QED) is 0.781. The first-order valence-corrected chi connectivity index (χ1v) is 5.29. The van der Waals surface area contributed by atoms with Crippen molar-refractivity contribution < 1.29 is 0 Å². The predicted octanol–water partition coefficient (Wildman–Crippen LogP) is 3.08. The Kier molecular flexibility index (Phi) is 3.64. The molecule has 0 saturated heterocycles. The first kappa shape index (κ1) is 11.2. The third kappa shape index (κ3) is 1.95. The molecule has 1 rings (SSSR count). The summed E-state index contributed by atoms with van der Waals surface area (Å²) in [6, 6.07) is 3.90. The second-order valence-corrected chi connectivity index (χ2v) is 3.66. The van der Waals surface area contributed by atoms with E-state index in [0.717, 1.165) is 18.7 Å². The summed E-state index contributed by atoms with van der Waals surface area (Å²) in [6.45, 7) is 8.24. The van der Waals surface area contributed by atoms with E-state index >= 15 is 0 Å². The second-order valence-electron chi connectivity index (χ2n) is 3.29. The molecule has 0 atom stereocenters. The number of nitrogens with zero attached hydrogens (tertiary/aromatic N) is 1. The van der Waals surface area contributed by atoms with E-state index in [2.05, 4.69) is 18.7 Å². The van der Waals surface area contributed by atoms with Crippen LogP contribution in [0.15, 0.2) is 12.1 Å². The van der Waals surface area contributed by atoms with Crippen LogP contribution in [0.1, 0.15) is 19.4 Å². The van der Waals surface area contributed by atoms with Crippen molar-refractivity contribution in [3.05, 3.63) is 22.7 Å². The number of nitrogens with two attached hydrogens (primary N) is 1. The van der Waals surface area contributed by atoms with Gasteiger partial charge >= 0.3 is 0 Å². The molecule has 2 nitrogen and oxygen atoms in total. The fourth-order valence-electron chi connectivity index (χ4n) is 1.60. The molecule has 0 spiro atoms. The van der Waals surface area contributed by atoms with Gasteiger partial charge in [0.2, 0.25) is 0 Å². The molecular formula is C11H17ClN2. The number of benzene rings is 1. The highest BCUT2D eigenvalue weighted by Gasteiger charge is 2.09. The Labute approximate surface area is 90.7 Å². The molecule has 78 valence electrons. The lowest BCUT2D eigenvalue weighted by atomic mass is 10.1. The van der Waals surface area contributed by atoms with Crippen LogP contribution in [0.4, 0.5) is 11.4 Å². The predicted molar refractivity (Wildman–Crippen MR) is 64.2 cm³/mol. The van der Waals surface area contributed by atoms with E-state index in [1.807, 2.05) is 19.1 Å². The third-order valence-corrected chi connectivity index (χ3v) is 2.99. The molecule has 0 aliphatic rings. The van der Waals surface area contributed by atoms with E-state index in [1.54, 1.807) is 0 Å². The minimum absolute atomic E-state index is 0.653. The van der Waals surface area contributed by atoms with Crippen molar-refractivity contribution in [2.75, 3.05) is 23.7 Å². The standard InChI is InChI=1S/C11H17ClN2/c1-4-14(5-2)10-7-6-9(13)11(12)8(10)3/h6-7H,4-5,13H2,1-3H3. The van der Waals surface area contributed by atoms with Crippen molar-refractivity contribution >= 4 is 23.0 Å². The summed E-state index contributed by atoms with van der Waals surface area (Å²) in [6.07, 6.45) is 0. The van der Waals surface area contributed by atoms with Gasteiger partial charge in [0.25, 0.3) is 0 Å². The van der Waals surface area contributed by atoms with Crippen LogP contribution in [0.25, 0.3) is 0 Å². The number of nitrogen functional groups attached to an aromatic ring is 1. The molecule has 1 aromatic rings. The fourth-order valence-corrected chi connectivity index (χ4v) is 1.76. The van der Waals surface area contributed by atoms with Crippen LogP contribution in [0.3, 0.4) is 0 Å². The van der Waals surface area contributed by atoms with E-state index in [9.17, 15) is 0 Å². The maximum atomic E-state index is 6.09. The van der Waals surface area contributed by atoms with Gasteiger partial charge in [-0.1, -0.05) is 11.6 Å². The van der Waals surface area contributed by atoms with E-state index in [0.29, 0.717) is 10.7 Å². The van der Waals surface area contributed by atoms with Crippen molar-refractivity contribution in [3.63, 3.8) is 0 Å². The van der Waals surface area contributed by atoms with Gasteiger partial charge in [-0.25, -0.2) is 0 Å². The first-order chi connectivity index (χ1) is 6.61. The van der Waals surface area contributed by atoms with Crippen LogP contribution in [0, 0.1) is 6.92 Å². The van der Waals surface area contributed by atoms with Gasteiger partial charge in [0.15, 0.2) is 0 Å². The lowest BCUT2D eigenvalue weighted by molar-refractivity contribution is 0.862. The smallest absolute Gasteiger partial charge is 0.0685 e. The topological polar surface area (TPSA) is 29.3 Å². The van der Waals surface area contributed by atoms with E-state index < -0.39 is 0 Å². The minimum Gasteiger partial charge on any atom is -0.398 e. The van der Waals surface area contributed by atoms with Crippen LogP contribution in [0.5, 0.6) is 0 Å². The van der Waals surface area contributed by atoms with Crippen molar-refractivity contribution in [2.45, 2.75) is 20.8 Å². The largest absolute Gasteiger partial charge is 0.398 e. The Bertz CT molecular complexity index is 319. The number of rotatable bonds is 3. The summed E-state index contributed by atoms with van der Waals surface area (Å²) in [7, 11) is 0. The van der Waals surface area contributed by atoms with Gasteiger partial charge in [0, 0.05) is 18.8 Å². The molecule has 0 unspecified atom stereocenters. The van der Waals surface area contributed by atoms with Crippen LogP contribution < -0.4 is 10.6 Å². The molecule has 0 heterocycles. The number of halogens is 1. The average molecular weight is 213 g/mol. The Morgan fingerprint density at radius 3 is 2.36 bits per heavy atom. The highest BCUT2D eigenvalue weighted by atomic mass is 35.5. The first-order valence-electron chi connectivity index (χ1n) is 4.91. The van der Waals surface area contributed by atoms with Crippen molar-refractivity contribution in [2.24, 2.45) is 0 Å². The van der Waals surface area contributed by atoms with Crippen molar-refractivity contribution in [1.29, 1.82) is 0 Å². The summed E-state index contributed by atoms with van der Waals surface area (Å²) in [5.41, 5.74) is 8.62. The molecule has 14 heavy (non-hydrogen) atoms. The Morgan fingerprint density at radius 2 is 1.86 bits per heavy atom. The lowest BCUT2D eigenvalue weighted by Gasteiger charge is -2.24. The molecule has 2 N–H and O–H groups in total. The normalized spacial score (nSPS) is 10.3. The molecule has 0 aliphatic heterocycles. The zero-order valence-electron chi connectivity index (χ0n) is 8.97. The summed E-state index contributed by atoms with van der Waals surface area (Å²) in [5, 5.41) is 0.675. The Morgan fingerprint density at radius 1 is 1.29 bits per heavy atom. The van der Waals surface area contributed by atoms with Gasteiger partial charge in [-0.05, 0) is 38.5 Å². The molecule has 0 saturated carbocycles. The van der Waals surface area contributed by atoms with Gasteiger partial charge in [-0.3, -0.25) is 0 Å². The molecule has 0 fully saturated rings. The molecular weight excluding hydrogens is 196 g/mol. The second kappa shape index (κ2) is 4.56.